The van der Waals surface area contributed by atoms with Crippen molar-refractivity contribution in [2.24, 2.45) is 0 Å². The number of fused-ring (bicyclic) bond motifs is 1. The van der Waals surface area contributed by atoms with Crippen molar-refractivity contribution in [1.29, 1.82) is 0 Å². The minimum atomic E-state index is -0.532. The van der Waals surface area contributed by atoms with Gasteiger partial charge in [0, 0.05) is 17.3 Å². The largest absolute Gasteiger partial charge is 0.343 e. The van der Waals surface area contributed by atoms with Crippen LogP contribution in [0.4, 0.5) is 5.69 Å². The smallest absolute Gasteiger partial charge is 0.249 e. The van der Waals surface area contributed by atoms with Crippen molar-refractivity contribution in [2.75, 3.05) is 11.9 Å². The maximum Gasteiger partial charge on any atom is 0.249 e. The van der Waals surface area contributed by atoms with E-state index in [-0.39, 0.29) is 17.9 Å². The quantitative estimate of drug-likeness (QED) is 0.853. The molecular weight excluding hydrogens is 336 g/mol. The molecule has 132 valence electrons. The fraction of sp³-hybridized carbons (Fsp3) is 0.389. The normalized spacial score (nSPS) is 18.4. The Morgan fingerprint density at radius 2 is 2.24 bits per heavy atom. The molecule has 2 aromatic rings. The summed E-state index contributed by atoms with van der Waals surface area (Å²) in [5.41, 5.74) is 2.02. The summed E-state index contributed by atoms with van der Waals surface area (Å²) in [6, 6.07) is 7.04. The number of nitrogens with one attached hydrogen (secondary N) is 2. The molecule has 2 amide bonds. The first-order chi connectivity index (χ1) is 12.1. The average Bonchev–Trinajstić information content (AvgIpc) is 3.11. The van der Waals surface area contributed by atoms with Crippen molar-refractivity contribution in [3.8, 4) is 0 Å². The summed E-state index contributed by atoms with van der Waals surface area (Å²) >= 11 is 1.52. The number of aryl methyl sites for hydroxylation is 1. The number of carbonyl (C=O) groups is 2. The van der Waals surface area contributed by atoms with Gasteiger partial charge in [-0.1, -0.05) is 18.2 Å². The molecule has 2 atom stereocenters. The molecule has 2 N–H and O–H groups in total. The number of rotatable bonds is 5. The second-order valence-corrected chi connectivity index (χ2v) is 7.07. The summed E-state index contributed by atoms with van der Waals surface area (Å²) in [6.45, 7) is 2.19. The number of hydrogen-bond donors (Lipinski definition) is 2. The van der Waals surface area contributed by atoms with E-state index in [1.807, 2.05) is 29.6 Å². The molecule has 0 radical (unpaired) electrons. The number of anilines is 1. The summed E-state index contributed by atoms with van der Waals surface area (Å²) in [6.07, 6.45) is 3.07. The zero-order valence-corrected chi connectivity index (χ0v) is 15.2. The number of likely N-dealkylation sites (N-methyl/N-ethyl adjacent to an activating group) is 1. The van der Waals surface area contributed by atoms with E-state index < -0.39 is 6.04 Å². The van der Waals surface area contributed by atoms with Gasteiger partial charge in [0.2, 0.25) is 11.8 Å². The predicted molar refractivity (Wildman–Crippen MR) is 98.5 cm³/mol. The second-order valence-electron chi connectivity index (χ2n) is 6.09. The van der Waals surface area contributed by atoms with Gasteiger partial charge in [0.25, 0.3) is 0 Å². The maximum absolute atomic E-state index is 13.1. The molecule has 1 aliphatic heterocycles. The van der Waals surface area contributed by atoms with Crippen molar-refractivity contribution in [3.05, 3.63) is 46.4 Å². The van der Waals surface area contributed by atoms with Crippen LogP contribution in [-0.4, -0.2) is 35.9 Å². The van der Waals surface area contributed by atoms with Crippen LogP contribution in [0.5, 0.6) is 0 Å². The number of amides is 2. The van der Waals surface area contributed by atoms with Crippen LogP contribution in [0, 0.1) is 0 Å². The number of carbonyl (C=O) groups excluding carboxylic acids is 2. The Labute approximate surface area is 151 Å². The predicted octanol–water partition coefficient (Wildman–Crippen LogP) is 1.72. The Morgan fingerprint density at radius 3 is 2.96 bits per heavy atom. The number of aromatic nitrogens is 1. The molecule has 3 rings (SSSR count). The Bertz CT molecular complexity index is 747. The van der Waals surface area contributed by atoms with Gasteiger partial charge in [-0.2, -0.15) is 0 Å². The molecule has 1 aromatic carbocycles. The van der Waals surface area contributed by atoms with Gasteiger partial charge < -0.3 is 15.5 Å². The number of thiazole rings is 1. The third kappa shape index (κ3) is 3.88. The standard InChI is InChI=1S/C18H22N4O2S/c1-12(19-2)17(23)21-14-8-7-13-5-3-4-6-15(13)22(18(14)24)11-16-20-9-10-25-16/h3-6,9-10,12,14,19H,7-8,11H2,1-2H3,(H,21,23)/t12?,14-/m0/s1. The van der Waals surface area contributed by atoms with Crippen molar-refractivity contribution in [3.63, 3.8) is 0 Å². The van der Waals surface area contributed by atoms with Gasteiger partial charge in [-0.05, 0) is 38.4 Å². The molecule has 0 spiro atoms. The Kier molecular flexibility index (Phi) is 5.45. The molecule has 1 unspecified atom stereocenters. The molecule has 1 aliphatic rings. The molecule has 7 heteroatoms. The maximum atomic E-state index is 13.1. The highest BCUT2D eigenvalue weighted by Gasteiger charge is 2.32. The Balaban J connectivity index is 1.88. The van der Waals surface area contributed by atoms with E-state index in [2.05, 4.69) is 15.6 Å². The molecule has 6 nitrogen and oxygen atoms in total. The number of nitrogens with zero attached hydrogens (tertiary/aromatic N) is 2. The van der Waals surface area contributed by atoms with Gasteiger partial charge in [0.05, 0.1) is 12.6 Å². The SMILES string of the molecule is CNC(C)C(=O)N[C@H]1CCc2ccccc2N(Cc2nccs2)C1=O. The third-order valence-electron chi connectivity index (χ3n) is 4.47. The lowest BCUT2D eigenvalue weighted by Crippen LogP contribution is -2.52. The van der Waals surface area contributed by atoms with Crippen molar-refractivity contribution >= 4 is 28.8 Å². The molecule has 2 heterocycles. The van der Waals surface area contributed by atoms with Gasteiger partial charge >= 0.3 is 0 Å². The minimum Gasteiger partial charge on any atom is -0.343 e. The van der Waals surface area contributed by atoms with Gasteiger partial charge in [0.1, 0.15) is 11.0 Å². The first kappa shape index (κ1) is 17.6. The first-order valence-electron chi connectivity index (χ1n) is 8.35. The number of para-hydroxylation sites is 1. The minimum absolute atomic E-state index is 0.0863. The van der Waals surface area contributed by atoms with E-state index in [9.17, 15) is 9.59 Å². The lowest BCUT2D eigenvalue weighted by Gasteiger charge is -2.26. The van der Waals surface area contributed by atoms with Gasteiger partial charge in [-0.25, -0.2) is 4.98 Å². The van der Waals surface area contributed by atoms with E-state index in [0.717, 1.165) is 22.7 Å². The Morgan fingerprint density at radius 1 is 1.44 bits per heavy atom. The van der Waals surface area contributed by atoms with Crippen molar-refractivity contribution in [1.82, 2.24) is 15.6 Å². The summed E-state index contributed by atoms with van der Waals surface area (Å²) in [5.74, 6) is -0.252. The number of hydrogen-bond acceptors (Lipinski definition) is 5. The highest BCUT2D eigenvalue weighted by atomic mass is 32.1. The van der Waals surface area contributed by atoms with E-state index >= 15 is 0 Å². The lowest BCUT2D eigenvalue weighted by atomic mass is 10.1. The zero-order valence-electron chi connectivity index (χ0n) is 14.4. The Hall–Kier alpha value is -2.25. The van der Waals surface area contributed by atoms with Crippen molar-refractivity contribution in [2.45, 2.75) is 38.4 Å². The van der Waals surface area contributed by atoms with Crippen molar-refractivity contribution < 1.29 is 9.59 Å². The molecule has 0 saturated heterocycles. The second kappa shape index (κ2) is 7.76. The molecule has 0 aliphatic carbocycles. The molecule has 25 heavy (non-hydrogen) atoms. The van der Waals surface area contributed by atoms with Gasteiger partial charge in [-0.15, -0.1) is 11.3 Å². The molecule has 0 fully saturated rings. The van der Waals surface area contributed by atoms with E-state index in [1.165, 1.54) is 11.3 Å². The summed E-state index contributed by atoms with van der Waals surface area (Å²) in [5, 5.41) is 8.57. The van der Waals surface area contributed by atoms with Crippen LogP contribution < -0.4 is 15.5 Å². The lowest BCUT2D eigenvalue weighted by molar-refractivity contribution is -0.128. The van der Waals surface area contributed by atoms with Crippen LogP contribution in [0.25, 0.3) is 0 Å². The van der Waals surface area contributed by atoms with Crippen LogP contribution in [0.3, 0.4) is 0 Å². The molecule has 0 bridgehead atoms. The summed E-state index contributed by atoms with van der Waals surface area (Å²) in [7, 11) is 1.73. The summed E-state index contributed by atoms with van der Waals surface area (Å²) < 4.78 is 0. The average molecular weight is 358 g/mol. The molecular formula is C18H22N4O2S. The topological polar surface area (TPSA) is 74.3 Å². The van der Waals surface area contributed by atoms with Crippen LogP contribution in [0.1, 0.15) is 23.9 Å². The highest BCUT2D eigenvalue weighted by Crippen LogP contribution is 2.28. The highest BCUT2D eigenvalue weighted by molar-refractivity contribution is 7.09. The molecule has 0 saturated carbocycles. The van der Waals surface area contributed by atoms with E-state index in [1.54, 1.807) is 25.1 Å². The first-order valence-corrected chi connectivity index (χ1v) is 9.23. The summed E-state index contributed by atoms with van der Waals surface area (Å²) in [4.78, 5) is 31.4. The van der Waals surface area contributed by atoms with E-state index in [0.29, 0.717) is 13.0 Å². The van der Waals surface area contributed by atoms with Gasteiger partial charge in [0.15, 0.2) is 0 Å². The van der Waals surface area contributed by atoms with Gasteiger partial charge in [-0.3, -0.25) is 9.59 Å². The fourth-order valence-corrected chi connectivity index (χ4v) is 3.51. The van der Waals surface area contributed by atoms with Crippen LogP contribution in [0.2, 0.25) is 0 Å². The molecule has 1 aromatic heterocycles. The van der Waals surface area contributed by atoms with Crippen LogP contribution in [-0.2, 0) is 22.6 Å². The fourth-order valence-electron chi connectivity index (χ4n) is 2.91. The zero-order chi connectivity index (χ0) is 17.8. The monoisotopic (exact) mass is 358 g/mol. The number of benzene rings is 1. The third-order valence-corrected chi connectivity index (χ3v) is 5.23. The van der Waals surface area contributed by atoms with Crippen LogP contribution in [0.15, 0.2) is 35.8 Å². The van der Waals surface area contributed by atoms with E-state index in [4.69, 9.17) is 0 Å². The van der Waals surface area contributed by atoms with Crippen LogP contribution >= 0.6 is 11.3 Å².